The highest BCUT2D eigenvalue weighted by Crippen LogP contribution is 2.35. The first-order valence-corrected chi connectivity index (χ1v) is 10.7. The predicted molar refractivity (Wildman–Crippen MR) is 131 cm³/mol. The van der Waals surface area contributed by atoms with Gasteiger partial charge in [0.2, 0.25) is 0 Å². The van der Waals surface area contributed by atoms with Crippen LogP contribution in [0.2, 0.25) is 0 Å². The topological polar surface area (TPSA) is 29.5 Å². The average Bonchev–Trinajstić information content (AvgIpc) is 3.21. The van der Waals surface area contributed by atoms with Crippen LogP contribution in [0, 0.1) is 0 Å². The maximum absolute atomic E-state index is 8.33. The second-order valence-electron chi connectivity index (χ2n) is 6.86. The molecule has 5 rings (SSSR count). The van der Waals surface area contributed by atoms with E-state index in [-0.39, 0.29) is 0 Å². The van der Waals surface area contributed by atoms with Gasteiger partial charge in [-0.3, -0.25) is 0 Å². The Kier molecular flexibility index (Phi) is 11.4. The lowest BCUT2D eigenvalue weighted by atomic mass is 10.1. The van der Waals surface area contributed by atoms with E-state index >= 15 is 0 Å². The van der Waals surface area contributed by atoms with Gasteiger partial charge in [0.05, 0.1) is 0 Å². The number of hydrogen-bond acceptors (Lipinski definition) is 2. The Morgan fingerprint density at radius 3 is 1.19 bits per heavy atom. The summed E-state index contributed by atoms with van der Waals surface area (Å²) < 4.78 is 4.60. The molecule has 0 radical (unpaired) electrons. The number of benzene rings is 4. The van der Waals surface area contributed by atoms with Crippen LogP contribution in [0.15, 0.2) is 121 Å². The first-order valence-electron chi connectivity index (χ1n) is 10.7. The molecule has 31 heavy (non-hydrogen) atoms. The number of fused-ring (bicyclic) bond motifs is 3. The molecule has 1 unspecified atom stereocenters. The van der Waals surface area contributed by atoms with Crippen LogP contribution in [-0.4, -0.2) is 18.0 Å². The Morgan fingerprint density at radius 1 is 0.613 bits per heavy atom. The Hall–Kier alpha value is -3.20. The number of rotatable bonds is 2. The van der Waals surface area contributed by atoms with Crippen molar-refractivity contribution in [2.45, 2.75) is 26.6 Å². The molecule has 1 atom stereocenters. The van der Waals surface area contributed by atoms with E-state index in [0.29, 0.717) is 6.61 Å². The lowest BCUT2D eigenvalue weighted by Gasteiger charge is -1.99. The van der Waals surface area contributed by atoms with E-state index in [2.05, 4.69) is 53.3 Å². The zero-order valence-corrected chi connectivity index (χ0v) is 18.4. The molecule has 0 bridgehead atoms. The molecule has 0 saturated carbocycles. The van der Waals surface area contributed by atoms with E-state index in [4.69, 9.17) is 5.11 Å². The van der Waals surface area contributed by atoms with Crippen LogP contribution in [0.1, 0.15) is 25.0 Å². The highest BCUT2D eigenvalue weighted by Gasteiger charge is 2.15. The highest BCUT2D eigenvalue weighted by atomic mass is 16.6. The van der Waals surface area contributed by atoms with Gasteiger partial charge in [0.15, 0.2) is 6.29 Å². The second-order valence-corrected chi connectivity index (χ2v) is 6.86. The molecule has 160 valence electrons. The van der Waals surface area contributed by atoms with Gasteiger partial charge in [-0.05, 0) is 42.5 Å². The summed E-state index contributed by atoms with van der Waals surface area (Å²) in [6.45, 7) is 4.01. The van der Waals surface area contributed by atoms with Crippen LogP contribution in [0.5, 0.6) is 0 Å². The van der Waals surface area contributed by atoms with E-state index in [9.17, 15) is 0 Å². The quantitative estimate of drug-likeness (QED) is 0.317. The van der Waals surface area contributed by atoms with Gasteiger partial charge < -0.3 is 9.84 Å². The van der Waals surface area contributed by atoms with Gasteiger partial charge in [0.25, 0.3) is 0 Å². The van der Waals surface area contributed by atoms with E-state index in [1.54, 1.807) is 6.92 Å². The molecule has 0 amide bonds. The van der Waals surface area contributed by atoms with Gasteiger partial charge in [0.1, 0.15) is 0 Å². The fourth-order valence-corrected chi connectivity index (χ4v) is 3.09. The summed E-state index contributed by atoms with van der Waals surface area (Å²) in [4.78, 5) is 0. The largest absolute Gasteiger partial charge is 0.368 e. The minimum atomic E-state index is -0.602. The summed E-state index contributed by atoms with van der Waals surface area (Å²) in [6, 6.07) is 41.3. The maximum Gasteiger partial charge on any atom is 0.151 e. The molecule has 1 N–H and O–H groups in total. The summed E-state index contributed by atoms with van der Waals surface area (Å²) in [5, 5.41) is 8.33. The fourth-order valence-electron chi connectivity index (χ4n) is 3.09. The normalized spacial score (nSPS) is 11.1. The lowest BCUT2D eigenvalue weighted by molar-refractivity contribution is -0.0800. The van der Waals surface area contributed by atoms with E-state index in [0.717, 1.165) is 6.42 Å². The van der Waals surface area contributed by atoms with Crippen LogP contribution in [0.25, 0.3) is 11.1 Å². The van der Waals surface area contributed by atoms with Crippen molar-refractivity contribution in [2.75, 3.05) is 6.61 Å². The van der Waals surface area contributed by atoms with Crippen molar-refractivity contribution >= 4 is 0 Å². The molecule has 0 saturated heterocycles. The van der Waals surface area contributed by atoms with Gasteiger partial charge in [-0.2, -0.15) is 0 Å². The molecule has 1 aliphatic carbocycles. The van der Waals surface area contributed by atoms with Gasteiger partial charge in [0, 0.05) is 6.61 Å². The third kappa shape index (κ3) is 9.43. The zero-order valence-electron chi connectivity index (χ0n) is 18.4. The fraction of sp³-hybridized carbons (Fsp3) is 0.172. The standard InChI is InChI=1S/C13H10.2C6H6.C4H10O2/c1-3-7-12-10(5-1)9-11-6-2-4-8-13(11)12;2*1-2-4-6-5-3-1;1-3-6-4(2)5/h1-8H,9H2;2*1-6H;4-5H,3H2,1-2H3. The van der Waals surface area contributed by atoms with Gasteiger partial charge in [-0.1, -0.05) is 121 Å². The highest BCUT2D eigenvalue weighted by molar-refractivity contribution is 5.76. The molecule has 2 heteroatoms. The van der Waals surface area contributed by atoms with Crippen molar-refractivity contribution in [3.63, 3.8) is 0 Å². The first kappa shape index (κ1) is 24.1. The zero-order chi connectivity index (χ0) is 22.2. The molecule has 2 nitrogen and oxygen atoms in total. The van der Waals surface area contributed by atoms with Gasteiger partial charge >= 0.3 is 0 Å². The smallest absolute Gasteiger partial charge is 0.151 e. The first-order chi connectivity index (χ1) is 15.2. The Bertz CT molecular complexity index is 822. The molecule has 1 aliphatic rings. The number of aliphatic hydroxyl groups excluding tert-OH is 1. The van der Waals surface area contributed by atoms with Crippen molar-refractivity contribution in [1.82, 2.24) is 0 Å². The summed E-state index contributed by atoms with van der Waals surface area (Å²) >= 11 is 0. The SMILES string of the molecule is CCOC(C)O.c1ccc2c(c1)Cc1ccccc1-2.c1ccccc1.c1ccccc1. The van der Waals surface area contributed by atoms with Crippen LogP contribution < -0.4 is 0 Å². The van der Waals surface area contributed by atoms with Crippen molar-refractivity contribution < 1.29 is 9.84 Å². The molecule has 0 aliphatic heterocycles. The number of aliphatic hydroxyl groups is 1. The minimum absolute atomic E-state index is 0.581. The lowest BCUT2D eigenvalue weighted by Crippen LogP contribution is -2.04. The molecule has 0 aromatic heterocycles. The monoisotopic (exact) mass is 412 g/mol. The van der Waals surface area contributed by atoms with Crippen molar-refractivity contribution in [3.8, 4) is 11.1 Å². The molecular weight excluding hydrogens is 380 g/mol. The summed E-state index contributed by atoms with van der Waals surface area (Å²) in [5.74, 6) is 0. The Morgan fingerprint density at radius 2 is 0.935 bits per heavy atom. The van der Waals surface area contributed by atoms with Crippen molar-refractivity contribution in [2.24, 2.45) is 0 Å². The summed E-state index contributed by atoms with van der Waals surface area (Å²) in [6.07, 6.45) is 0.502. The average molecular weight is 413 g/mol. The number of hydrogen-bond donors (Lipinski definition) is 1. The molecule has 0 heterocycles. The van der Waals surface area contributed by atoms with E-state index in [1.165, 1.54) is 22.3 Å². The Labute approximate surface area is 186 Å². The van der Waals surface area contributed by atoms with E-state index < -0.39 is 6.29 Å². The van der Waals surface area contributed by atoms with Gasteiger partial charge in [-0.25, -0.2) is 0 Å². The second kappa shape index (κ2) is 14.7. The molecule has 0 fully saturated rings. The predicted octanol–water partition coefficient (Wildman–Crippen LogP) is 6.99. The molecule has 0 spiro atoms. The van der Waals surface area contributed by atoms with Crippen LogP contribution in [-0.2, 0) is 11.2 Å². The molecular formula is C29H32O2. The summed E-state index contributed by atoms with van der Waals surface area (Å²) in [7, 11) is 0. The minimum Gasteiger partial charge on any atom is -0.368 e. The van der Waals surface area contributed by atoms with E-state index in [1.807, 2.05) is 79.7 Å². The number of ether oxygens (including phenoxy) is 1. The summed E-state index contributed by atoms with van der Waals surface area (Å²) in [5.41, 5.74) is 5.75. The van der Waals surface area contributed by atoms with Crippen LogP contribution in [0.3, 0.4) is 0 Å². The van der Waals surface area contributed by atoms with Crippen molar-refractivity contribution in [3.05, 3.63) is 132 Å². The van der Waals surface area contributed by atoms with Crippen LogP contribution >= 0.6 is 0 Å². The maximum atomic E-state index is 8.33. The third-order valence-electron chi connectivity index (χ3n) is 4.45. The van der Waals surface area contributed by atoms with Crippen molar-refractivity contribution in [1.29, 1.82) is 0 Å². The molecule has 4 aromatic carbocycles. The van der Waals surface area contributed by atoms with Gasteiger partial charge in [-0.15, -0.1) is 0 Å². The molecule has 4 aromatic rings. The third-order valence-corrected chi connectivity index (χ3v) is 4.45. The van der Waals surface area contributed by atoms with Crippen LogP contribution in [0.4, 0.5) is 0 Å². The Balaban J connectivity index is 0.000000161.